The van der Waals surface area contributed by atoms with Gasteiger partial charge in [0.25, 0.3) is 0 Å². The molecule has 1 saturated heterocycles. The number of halogens is 1. The first-order valence-corrected chi connectivity index (χ1v) is 9.08. The Balaban J connectivity index is 1.47. The fourth-order valence-corrected chi connectivity index (χ4v) is 2.86. The largest absolute Gasteiger partial charge is 0.493 e. The third kappa shape index (κ3) is 4.47. The van der Waals surface area contributed by atoms with Crippen LogP contribution in [0.3, 0.4) is 0 Å². The third-order valence-electron chi connectivity index (χ3n) is 4.24. The molecule has 1 aromatic heterocycles. The molecule has 154 valence electrons. The molecule has 1 unspecified atom stereocenters. The van der Waals surface area contributed by atoms with Gasteiger partial charge in [-0.1, -0.05) is 12.1 Å². The van der Waals surface area contributed by atoms with Crippen molar-refractivity contribution in [2.75, 3.05) is 26.1 Å². The number of rotatable bonds is 6. The normalized spacial score (nSPS) is 16.9. The third-order valence-corrected chi connectivity index (χ3v) is 4.24. The number of nitrogens with one attached hydrogen (secondary N) is 1. The summed E-state index contributed by atoms with van der Waals surface area (Å²) in [6, 6.07) is 13.1. The highest BCUT2D eigenvalue weighted by Gasteiger charge is 2.25. The minimum Gasteiger partial charge on any atom is -0.493 e. The fraction of sp³-hybridized carbons (Fsp3) is 0.190. The van der Waals surface area contributed by atoms with E-state index in [4.69, 9.17) is 18.9 Å². The number of anilines is 2. The smallest absolute Gasteiger partial charge is 0.229 e. The predicted molar refractivity (Wildman–Crippen MR) is 108 cm³/mol. The molecular weight excluding hydrogens is 391 g/mol. The van der Waals surface area contributed by atoms with E-state index in [0.717, 1.165) is 5.69 Å². The Labute approximate surface area is 172 Å². The molecule has 1 fully saturated rings. The zero-order chi connectivity index (χ0) is 20.9. The fourth-order valence-electron chi connectivity index (χ4n) is 2.86. The van der Waals surface area contributed by atoms with Gasteiger partial charge in [0.2, 0.25) is 18.1 Å². The van der Waals surface area contributed by atoms with Crippen molar-refractivity contribution in [3.8, 4) is 11.5 Å². The van der Waals surface area contributed by atoms with E-state index in [1.807, 2.05) is 6.07 Å². The number of benzene rings is 2. The number of ether oxygens (including phenoxy) is 4. The highest BCUT2D eigenvalue weighted by Crippen LogP contribution is 2.31. The lowest BCUT2D eigenvalue weighted by Crippen LogP contribution is -2.02. The van der Waals surface area contributed by atoms with Gasteiger partial charge in [-0.05, 0) is 24.3 Å². The Morgan fingerprint density at radius 2 is 1.97 bits per heavy atom. The maximum absolute atomic E-state index is 13.4. The van der Waals surface area contributed by atoms with Crippen molar-refractivity contribution in [1.29, 1.82) is 0 Å². The number of nitrogens with zero attached hydrogens (tertiary/aromatic N) is 3. The zero-order valence-corrected chi connectivity index (χ0v) is 16.3. The Bertz CT molecular complexity index is 1080. The van der Waals surface area contributed by atoms with Crippen LogP contribution in [0, 0.1) is 5.82 Å². The number of methoxy groups -OCH3 is 2. The molecule has 0 radical (unpaired) electrons. The van der Waals surface area contributed by atoms with Gasteiger partial charge in [0.15, 0.2) is 17.3 Å². The minimum absolute atomic E-state index is 0.156. The predicted octanol–water partition coefficient (Wildman–Crippen LogP) is 4.15. The summed E-state index contributed by atoms with van der Waals surface area (Å²) in [5.41, 5.74) is 1.31. The molecule has 2 heterocycles. The lowest BCUT2D eigenvalue weighted by atomic mass is 10.2. The lowest BCUT2D eigenvalue weighted by Gasteiger charge is -2.10. The minimum atomic E-state index is -0.703. The second-order valence-electron chi connectivity index (χ2n) is 6.25. The molecule has 1 atom stereocenters. The molecule has 9 heteroatoms. The van der Waals surface area contributed by atoms with E-state index < -0.39 is 6.29 Å². The number of aromatic nitrogens is 2. The lowest BCUT2D eigenvalue weighted by molar-refractivity contribution is -0.0246. The number of hydrogen-bond donors (Lipinski definition) is 1. The summed E-state index contributed by atoms with van der Waals surface area (Å²) in [6.45, 7) is 0.156. The summed E-state index contributed by atoms with van der Waals surface area (Å²) in [5.74, 6) is 1.94. The van der Waals surface area contributed by atoms with E-state index >= 15 is 0 Å². The average Bonchev–Trinajstić information content (AvgIpc) is 3.22. The van der Waals surface area contributed by atoms with Gasteiger partial charge in [0.1, 0.15) is 12.4 Å². The van der Waals surface area contributed by atoms with Crippen LogP contribution in [0.5, 0.6) is 11.5 Å². The van der Waals surface area contributed by atoms with Crippen molar-refractivity contribution in [2.45, 2.75) is 6.29 Å². The molecule has 1 aliphatic heterocycles. The van der Waals surface area contributed by atoms with Gasteiger partial charge in [-0.2, -0.15) is 9.98 Å². The number of aliphatic imine (C=N–C) groups is 1. The van der Waals surface area contributed by atoms with Gasteiger partial charge in [0.05, 0.1) is 14.2 Å². The van der Waals surface area contributed by atoms with Crippen molar-refractivity contribution < 1.29 is 23.3 Å². The van der Waals surface area contributed by atoms with Crippen LogP contribution in [0.1, 0.15) is 11.9 Å². The first-order chi connectivity index (χ1) is 14.6. The van der Waals surface area contributed by atoms with Crippen molar-refractivity contribution in [2.24, 2.45) is 4.99 Å². The summed E-state index contributed by atoms with van der Waals surface area (Å²) >= 11 is 0. The highest BCUT2D eigenvalue weighted by atomic mass is 19.1. The van der Waals surface area contributed by atoms with Gasteiger partial charge in [-0.25, -0.2) is 9.37 Å². The molecule has 4 rings (SSSR count). The standard InChI is InChI=1S/C21H19FN4O4/c1-27-16-7-6-15(11-17(16)28-2)24-21-23-9-8-18(26-21)25-19-12-29-20(30-19)13-4-3-5-14(22)10-13/h3-11,20H,12H2,1-2H3,(H,23,24,26). The second-order valence-corrected chi connectivity index (χ2v) is 6.25. The van der Waals surface area contributed by atoms with Crippen LogP contribution in [-0.2, 0) is 9.47 Å². The summed E-state index contributed by atoms with van der Waals surface area (Å²) in [5, 5.41) is 3.10. The Kier molecular flexibility index (Phi) is 5.71. The molecule has 0 amide bonds. The summed E-state index contributed by atoms with van der Waals surface area (Å²) in [7, 11) is 3.14. The molecule has 0 aliphatic carbocycles. The topological polar surface area (TPSA) is 87.1 Å². The molecule has 1 N–H and O–H groups in total. The van der Waals surface area contributed by atoms with Crippen molar-refractivity contribution in [3.05, 3.63) is 66.1 Å². The van der Waals surface area contributed by atoms with Crippen LogP contribution in [0.2, 0.25) is 0 Å². The van der Waals surface area contributed by atoms with Crippen molar-refractivity contribution >= 4 is 23.4 Å². The van der Waals surface area contributed by atoms with Gasteiger partial charge < -0.3 is 24.3 Å². The van der Waals surface area contributed by atoms with Crippen LogP contribution in [0.4, 0.5) is 21.8 Å². The molecular formula is C21H19FN4O4. The van der Waals surface area contributed by atoms with E-state index in [-0.39, 0.29) is 12.4 Å². The van der Waals surface area contributed by atoms with E-state index in [1.54, 1.807) is 50.7 Å². The molecule has 1 aliphatic rings. The summed E-state index contributed by atoms with van der Waals surface area (Å²) in [6.07, 6.45) is 0.876. The van der Waals surface area contributed by atoms with Crippen LogP contribution in [0.25, 0.3) is 0 Å². The highest BCUT2D eigenvalue weighted by molar-refractivity contribution is 5.81. The quantitative estimate of drug-likeness (QED) is 0.653. The first-order valence-electron chi connectivity index (χ1n) is 9.08. The van der Waals surface area contributed by atoms with E-state index in [2.05, 4.69) is 20.3 Å². The molecule has 3 aromatic rings. The first kappa shape index (κ1) is 19.6. The van der Waals surface area contributed by atoms with E-state index in [0.29, 0.717) is 34.7 Å². The van der Waals surface area contributed by atoms with Crippen molar-refractivity contribution in [1.82, 2.24) is 9.97 Å². The van der Waals surface area contributed by atoms with Crippen molar-refractivity contribution in [3.63, 3.8) is 0 Å². The maximum Gasteiger partial charge on any atom is 0.229 e. The molecule has 2 aromatic carbocycles. The SMILES string of the molecule is COc1ccc(Nc2nccc(N=C3COC(c4cccc(F)c4)O3)n2)cc1OC. The monoisotopic (exact) mass is 410 g/mol. The van der Waals surface area contributed by atoms with Crippen LogP contribution < -0.4 is 14.8 Å². The molecule has 0 bridgehead atoms. The molecule has 0 saturated carbocycles. The van der Waals surface area contributed by atoms with Crippen LogP contribution >= 0.6 is 0 Å². The van der Waals surface area contributed by atoms with Gasteiger partial charge in [-0.15, -0.1) is 0 Å². The van der Waals surface area contributed by atoms with Gasteiger partial charge in [0, 0.05) is 29.6 Å². The Morgan fingerprint density at radius 3 is 2.77 bits per heavy atom. The average molecular weight is 410 g/mol. The molecule has 30 heavy (non-hydrogen) atoms. The zero-order valence-electron chi connectivity index (χ0n) is 16.3. The Hall–Kier alpha value is -3.72. The van der Waals surface area contributed by atoms with Gasteiger partial charge >= 0.3 is 0 Å². The summed E-state index contributed by atoms with van der Waals surface area (Å²) in [4.78, 5) is 12.9. The van der Waals surface area contributed by atoms with Crippen LogP contribution in [0.15, 0.2) is 59.7 Å². The summed E-state index contributed by atoms with van der Waals surface area (Å²) < 4.78 is 35.1. The van der Waals surface area contributed by atoms with E-state index in [1.165, 1.54) is 12.1 Å². The number of hydrogen-bond acceptors (Lipinski definition) is 8. The van der Waals surface area contributed by atoms with Gasteiger partial charge in [-0.3, -0.25) is 0 Å². The van der Waals surface area contributed by atoms with E-state index in [9.17, 15) is 4.39 Å². The maximum atomic E-state index is 13.4. The molecule has 0 spiro atoms. The molecule has 8 nitrogen and oxygen atoms in total. The Morgan fingerprint density at radius 1 is 1.10 bits per heavy atom. The van der Waals surface area contributed by atoms with Crippen LogP contribution in [-0.4, -0.2) is 36.7 Å². The second kappa shape index (κ2) is 8.75.